The van der Waals surface area contributed by atoms with Crippen molar-refractivity contribution in [3.8, 4) is 0 Å². The minimum Gasteiger partial charge on any atom is -0.336 e. The number of likely N-dealkylation sites (tertiary alicyclic amines) is 1. The Balaban J connectivity index is 1.25. The highest BCUT2D eigenvalue weighted by Crippen LogP contribution is 2.20. The molecule has 1 aromatic carbocycles. The zero-order valence-electron chi connectivity index (χ0n) is 18.1. The van der Waals surface area contributed by atoms with Gasteiger partial charge < -0.3 is 9.80 Å². The Morgan fingerprint density at radius 1 is 1.03 bits per heavy atom. The molecule has 5 heteroatoms. The molecule has 3 aliphatic heterocycles. The first-order chi connectivity index (χ1) is 14.1. The average Bonchev–Trinajstić information content (AvgIpc) is 2.75. The van der Waals surface area contributed by atoms with E-state index in [1.807, 2.05) is 0 Å². The molecule has 3 heterocycles. The number of aryl methyl sites for hydroxylation is 1. The van der Waals surface area contributed by atoms with Gasteiger partial charge in [-0.1, -0.05) is 35.9 Å². The second-order valence-electron chi connectivity index (χ2n) is 9.07. The third kappa shape index (κ3) is 5.27. The molecule has 0 bridgehead atoms. The number of rotatable bonds is 4. The second kappa shape index (κ2) is 9.41. The Hall–Kier alpha value is -1.69. The van der Waals surface area contributed by atoms with Crippen LogP contribution in [0.1, 0.15) is 30.4 Å². The summed E-state index contributed by atoms with van der Waals surface area (Å²) in [6.07, 6.45) is 5.59. The molecular formula is C24H36N4O. The van der Waals surface area contributed by atoms with E-state index in [1.165, 1.54) is 37.1 Å². The molecule has 3 aliphatic rings. The van der Waals surface area contributed by atoms with E-state index in [-0.39, 0.29) is 5.91 Å². The van der Waals surface area contributed by atoms with Crippen LogP contribution in [0, 0.1) is 6.92 Å². The van der Waals surface area contributed by atoms with Gasteiger partial charge in [-0.15, -0.1) is 0 Å². The summed E-state index contributed by atoms with van der Waals surface area (Å²) in [7, 11) is 2.22. The summed E-state index contributed by atoms with van der Waals surface area (Å²) in [5.41, 5.74) is 3.70. The average molecular weight is 397 g/mol. The van der Waals surface area contributed by atoms with Crippen molar-refractivity contribution in [2.24, 2.45) is 0 Å². The van der Waals surface area contributed by atoms with E-state index < -0.39 is 0 Å². The number of hydrogen-bond donors (Lipinski definition) is 0. The van der Waals surface area contributed by atoms with E-state index >= 15 is 0 Å². The quantitative estimate of drug-likeness (QED) is 0.782. The van der Waals surface area contributed by atoms with Gasteiger partial charge in [-0.3, -0.25) is 14.6 Å². The molecule has 158 valence electrons. The number of amides is 1. The maximum Gasteiger partial charge on any atom is 0.249 e. The predicted octanol–water partition coefficient (Wildman–Crippen LogP) is 2.37. The molecule has 0 aromatic heterocycles. The van der Waals surface area contributed by atoms with E-state index in [4.69, 9.17) is 0 Å². The van der Waals surface area contributed by atoms with E-state index in [1.54, 1.807) is 0 Å². The maximum absolute atomic E-state index is 13.0. The van der Waals surface area contributed by atoms with Crippen LogP contribution in [0.25, 0.3) is 0 Å². The van der Waals surface area contributed by atoms with Crippen LogP contribution < -0.4 is 0 Å². The van der Waals surface area contributed by atoms with Gasteiger partial charge >= 0.3 is 0 Å². The SMILES string of the molecule is Cc1cccc(CN2CC=C(C(=O)N3CCN(C4CCN(C)CC4)CC3)CC2)c1. The van der Waals surface area contributed by atoms with Crippen LogP contribution in [-0.4, -0.2) is 91.0 Å². The number of benzene rings is 1. The molecular weight excluding hydrogens is 360 g/mol. The molecule has 29 heavy (non-hydrogen) atoms. The van der Waals surface area contributed by atoms with Gasteiger partial charge in [0.1, 0.15) is 0 Å². The monoisotopic (exact) mass is 396 g/mol. The van der Waals surface area contributed by atoms with Gasteiger partial charge in [0.05, 0.1) is 0 Å². The number of nitrogens with zero attached hydrogens (tertiary/aromatic N) is 4. The first-order valence-electron chi connectivity index (χ1n) is 11.3. The minimum absolute atomic E-state index is 0.281. The fourth-order valence-electron chi connectivity index (χ4n) is 4.97. The van der Waals surface area contributed by atoms with Crippen molar-refractivity contribution >= 4 is 5.91 Å². The summed E-state index contributed by atoms with van der Waals surface area (Å²) in [6.45, 7) is 11.2. The lowest BCUT2D eigenvalue weighted by molar-refractivity contribution is -0.129. The molecule has 2 fully saturated rings. The van der Waals surface area contributed by atoms with E-state index in [0.717, 1.165) is 57.8 Å². The first-order valence-corrected chi connectivity index (χ1v) is 11.3. The molecule has 4 rings (SSSR count). The predicted molar refractivity (Wildman–Crippen MR) is 118 cm³/mol. The van der Waals surface area contributed by atoms with Crippen molar-refractivity contribution in [1.82, 2.24) is 19.6 Å². The largest absolute Gasteiger partial charge is 0.336 e. The highest BCUT2D eigenvalue weighted by Gasteiger charge is 2.29. The Kier molecular flexibility index (Phi) is 6.68. The van der Waals surface area contributed by atoms with Gasteiger partial charge in [0, 0.05) is 57.4 Å². The summed E-state index contributed by atoms with van der Waals surface area (Å²) < 4.78 is 0. The third-order valence-corrected chi connectivity index (χ3v) is 6.86. The lowest BCUT2D eigenvalue weighted by Gasteiger charge is -2.42. The van der Waals surface area contributed by atoms with Crippen LogP contribution in [0.15, 0.2) is 35.9 Å². The van der Waals surface area contributed by atoms with Crippen LogP contribution in [-0.2, 0) is 11.3 Å². The molecule has 0 spiro atoms. The van der Waals surface area contributed by atoms with Gasteiger partial charge in [-0.2, -0.15) is 0 Å². The molecule has 1 aromatic rings. The normalized spacial score (nSPS) is 23.2. The number of carbonyl (C=O) groups is 1. The molecule has 1 amide bonds. The zero-order chi connectivity index (χ0) is 20.2. The van der Waals surface area contributed by atoms with Crippen LogP contribution >= 0.6 is 0 Å². The van der Waals surface area contributed by atoms with Crippen LogP contribution in [0.3, 0.4) is 0 Å². The Morgan fingerprint density at radius 2 is 1.79 bits per heavy atom. The van der Waals surface area contributed by atoms with Gasteiger partial charge in [-0.25, -0.2) is 0 Å². The van der Waals surface area contributed by atoms with Crippen LogP contribution in [0.5, 0.6) is 0 Å². The van der Waals surface area contributed by atoms with Crippen LogP contribution in [0.2, 0.25) is 0 Å². The van der Waals surface area contributed by atoms with Crippen LogP contribution in [0.4, 0.5) is 0 Å². The molecule has 0 unspecified atom stereocenters. The van der Waals surface area contributed by atoms with Crippen molar-refractivity contribution in [1.29, 1.82) is 0 Å². The molecule has 5 nitrogen and oxygen atoms in total. The summed E-state index contributed by atoms with van der Waals surface area (Å²) in [5, 5.41) is 0. The van der Waals surface area contributed by atoms with Crippen molar-refractivity contribution < 1.29 is 4.79 Å². The topological polar surface area (TPSA) is 30.0 Å². The Morgan fingerprint density at radius 3 is 2.45 bits per heavy atom. The van der Waals surface area contributed by atoms with E-state index in [9.17, 15) is 4.79 Å². The first kappa shape index (κ1) is 20.6. The Labute approximate surface area is 175 Å². The number of piperazine rings is 1. The smallest absolute Gasteiger partial charge is 0.249 e. The molecule has 0 N–H and O–H groups in total. The van der Waals surface area contributed by atoms with Crippen molar-refractivity contribution in [2.75, 3.05) is 59.4 Å². The van der Waals surface area contributed by atoms with Gasteiger partial charge in [0.2, 0.25) is 5.91 Å². The van der Waals surface area contributed by atoms with E-state index in [2.05, 4.69) is 63.9 Å². The molecule has 0 saturated carbocycles. The lowest BCUT2D eigenvalue weighted by Crippen LogP contribution is -2.54. The van der Waals surface area contributed by atoms with Gasteiger partial charge in [0.15, 0.2) is 0 Å². The summed E-state index contributed by atoms with van der Waals surface area (Å²) in [4.78, 5) is 22.6. The highest BCUT2D eigenvalue weighted by molar-refractivity contribution is 5.93. The van der Waals surface area contributed by atoms with Crippen molar-refractivity contribution in [2.45, 2.75) is 38.8 Å². The van der Waals surface area contributed by atoms with Crippen molar-refractivity contribution in [3.63, 3.8) is 0 Å². The summed E-state index contributed by atoms with van der Waals surface area (Å²) >= 11 is 0. The highest BCUT2D eigenvalue weighted by atomic mass is 16.2. The number of carbonyl (C=O) groups excluding carboxylic acids is 1. The van der Waals surface area contributed by atoms with Gasteiger partial charge in [-0.05, 0) is 51.9 Å². The fraction of sp³-hybridized carbons (Fsp3) is 0.625. The molecule has 0 aliphatic carbocycles. The van der Waals surface area contributed by atoms with Gasteiger partial charge in [0.25, 0.3) is 0 Å². The molecule has 0 atom stereocenters. The zero-order valence-corrected chi connectivity index (χ0v) is 18.1. The standard InChI is InChI=1S/C24H36N4O/c1-20-4-3-5-21(18-20)19-26-12-6-22(7-13-26)24(29)28-16-14-27(15-17-28)23-8-10-25(2)11-9-23/h3-6,18,23H,7-17,19H2,1-2H3. The lowest BCUT2D eigenvalue weighted by atomic mass is 10.0. The maximum atomic E-state index is 13.0. The Bertz CT molecular complexity index is 730. The summed E-state index contributed by atoms with van der Waals surface area (Å²) in [5.74, 6) is 0.281. The number of hydrogen-bond acceptors (Lipinski definition) is 4. The van der Waals surface area contributed by atoms with E-state index in [0.29, 0.717) is 6.04 Å². The molecule has 2 saturated heterocycles. The number of piperidine rings is 1. The third-order valence-electron chi connectivity index (χ3n) is 6.86. The minimum atomic E-state index is 0.281. The summed E-state index contributed by atoms with van der Waals surface area (Å²) in [6, 6.07) is 9.44. The second-order valence-corrected chi connectivity index (χ2v) is 9.07. The fourth-order valence-corrected chi connectivity index (χ4v) is 4.97. The molecule has 0 radical (unpaired) electrons. The van der Waals surface area contributed by atoms with Crippen molar-refractivity contribution in [3.05, 3.63) is 47.0 Å².